The summed E-state index contributed by atoms with van der Waals surface area (Å²) >= 11 is 0. The summed E-state index contributed by atoms with van der Waals surface area (Å²) in [7, 11) is -1.39. The van der Waals surface area contributed by atoms with Crippen LogP contribution in [0, 0.1) is 6.92 Å². The first kappa shape index (κ1) is 21.8. The van der Waals surface area contributed by atoms with Crippen LogP contribution in [0.5, 0.6) is 11.5 Å². The molecule has 3 aromatic carbocycles. The largest absolute Gasteiger partial charge is 0.457 e. The molecule has 0 aliphatic carbocycles. The molecular formula is C25H23N5O3S. The molecule has 1 N–H and O–H groups in total. The van der Waals surface area contributed by atoms with E-state index in [4.69, 9.17) is 4.74 Å². The van der Waals surface area contributed by atoms with E-state index in [0.717, 1.165) is 28.0 Å². The Bertz CT molecular complexity index is 1640. The summed E-state index contributed by atoms with van der Waals surface area (Å²) < 4.78 is 32.7. The van der Waals surface area contributed by atoms with Crippen molar-refractivity contribution in [2.45, 2.75) is 18.7 Å². The van der Waals surface area contributed by atoms with E-state index in [9.17, 15) is 8.42 Å². The highest BCUT2D eigenvalue weighted by Crippen LogP contribution is 2.31. The quantitative estimate of drug-likeness (QED) is 0.364. The zero-order valence-corrected chi connectivity index (χ0v) is 19.8. The number of fused-ring (bicyclic) bond motifs is 2. The van der Waals surface area contributed by atoms with Gasteiger partial charge >= 0.3 is 0 Å². The van der Waals surface area contributed by atoms with Crippen LogP contribution in [0.1, 0.15) is 12.5 Å². The maximum Gasteiger partial charge on any atom is 0.178 e. The predicted molar refractivity (Wildman–Crippen MR) is 133 cm³/mol. The number of anilines is 2. The minimum Gasteiger partial charge on any atom is -0.457 e. The summed E-state index contributed by atoms with van der Waals surface area (Å²) in [5, 5.41) is 3.93. The molecule has 5 rings (SSSR count). The molecule has 0 amide bonds. The van der Waals surface area contributed by atoms with Crippen molar-refractivity contribution in [3.63, 3.8) is 0 Å². The van der Waals surface area contributed by atoms with Gasteiger partial charge in [0.05, 0.1) is 33.5 Å². The summed E-state index contributed by atoms with van der Waals surface area (Å²) in [6.07, 6.45) is 3.23. The second-order valence-electron chi connectivity index (χ2n) is 8.02. The summed E-state index contributed by atoms with van der Waals surface area (Å²) in [6.45, 7) is 3.59. The van der Waals surface area contributed by atoms with E-state index in [2.05, 4.69) is 20.3 Å². The monoisotopic (exact) mass is 473 g/mol. The van der Waals surface area contributed by atoms with Gasteiger partial charge in [-0.3, -0.25) is 0 Å². The highest BCUT2D eigenvalue weighted by atomic mass is 32.2. The van der Waals surface area contributed by atoms with Crippen molar-refractivity contribution in [1.29, 1.82) is 0 Å². The molecule has 2 heterocycles. The van der Waals surface area contributed by atoms with Gasteiger partial charge in [-0.2, -0.15) is 0 Å². The van der Waals surface area contributed by atoms with Crippen LogP contribution in [0.4, 0.5) is 11.5 Å². The van der Waals surface area contributed by atoms with Crippen molar-refractivity contribution >= 4 is 43.3 Å². The molecule has 0 bridgehead atoms. The van der Waals surface area contributed by atoms with Gasteiger partial charge in [0.1, 0.15) is 23.6 Å². The van der Waals surface area contributed by atoms with E-state index in [1.54, 1.807) is 31.5 Å². The number of nitrogens with zero attached hydrogens (tertiary/aromatic N) is 4. The molecule has 0 atom stereocenters. The Labute approximate surface area is 197 Å². The van der Waals surface area contributed by atoms with Gasteiger partial charge in [-0.15, -0.1) is 0 Å². The average molecular weight is 474 g/mol. The smallest absolute Gasteiger partial charge is 0.178 e. The Morgan fingerprint density at radius 1 is 0.971 bits per heavy atom. The number of nitrogens with one attached hydrogen (secondary N) is 1. The van der Waals surface area contributed by atoms with E-state index in [1.807, 2.05) is 54.9 Å². The van der Waals surface area contributed by atoms with Crippen molar-refractivity contribution in [3.8, 4) is 11.5 Å². The molecule has 0 aliphatic rings. The number of ether oxygens (including phenoxy) is 1. The first-order valence-electron chi connectivity index (χ1n) is 10.8. The Kier molecular flexibility index (Phi) is 5.41. The molecule has 0 saturated heterocycles. The molecule has 8 nitrogen and oxygen atoms in total. The first-order chi connectivity index (χ1) is 16.3. The van der Waals surface area contributed by atoms with Gasteiger partial charge in [0.15, 0.2) is 9.84 Å². The van der Waals surface area contributed by atoms with Crippen LogP contribution in [0.3, 0.4) is 0 Å². The predicted octanol–water partition coefficient (Wildman–Crippen LogP) is 5.15. The molecule has 0 fully saturated rings. The zero-order chi connectivity index (χ0) is 23.9. The van der Waals surface area contributed by atoms with Crippen molar-refractivity contribution in [1.82, 2.24) is 19.5 Å². The Morgan fingerprint density at radius 2 is 1.82 bits per heavy atom. The molecule has 172 valence electrons. The zero-order valence-electron chi connectivity index (χ0n) is 19.0. The van der Waals surface area contributed by atoms with Crippen molar-refractivity contribution in [2.75, 3.05) is 11.1 Å². The molecule has 34 heavy (non-hydrogen) atoms. The van der Waals surface area contributed by atoms with E-state index in [-0.39, 0.29) is 10.6 Å². The van der Waals surface area contributed by atoms with Gasteiger partial charge in [0.2, 0.25) is 0 Å². The van der Waals surface area contributed by atoms with Gasteiger partial charge in [0, 0.05) is 24.2 Å². The molecule has 0 spiro atoms. The summed E-state index contributed by atoms with van der Waals surface area (Å²) in [4.78, 5) is 13.2. The minimum absolute atomic E-state index is 0.0306. The van der Waals surface area contributed by atoms with Crippen molar-refractivity contribution in [2.24, 2.45) is 7.05 Å². The highest BCUT2D eigenvalue weighted by molar-refractivity contribution is 7.91. The van der Waals surface area contributed by atoms with Crippen molar-refractivity contribution in [3.05, 3.63) is 72.8 Å². The Hall–Kier alpha value is -3.98. The third-order valence-electron chi connectivity index (χ3n) is 5.71. The number of sulfone groups is 1. The summed E-state index contributed by atoms with van der Waals surface area (Å²) in [6, 6.07) is 16.4. The van der Waals surface area contributed by atoms with E-state index >= 15 is 0 Å². The lowest BCUT2D eigenvalue weighted by Gasteiger charge is -2.13. The van der Waals surface area contributed by atoms with Crippen LogP contribution >= 0.6 is 0 Å². The highest BCUT2D eigenvalue weighted by Gasteiger charge is 2.14. The standard InChI is InChI=1S/C25H23N5O3S/c1-4-34(31,32)19-7-8-21-20(13-19)25(27-14-26-21)29-17-5-10-24(16(2)11-17)33-18-6-9-23-22(12-18)28-15-30(23)3/h5-15H,4H2,1-3H3,(H,26,27,29). The van der Waals surface area contributed by atoms with Crippen LogP contribution < -0.4 is 10.1 Å². The molecule has 0 aliphatic heterocycles. The number of benzene rings is 3. The van der Waals surface area contributed by atoms with Crippen LogP contribution in [-0.4, -0.2) is 33.7 Å². The Balaban J connectivity index is 1.43. The molecule has 0 unspecified atom stereocenters. The van der Waals surface area contributed by atoms with Gasteiger partial charge in [0.25, 0.3) is 0 Å². The lowest BCUT2D eigenvalue weighted by atomic mass is 10.2. The summed E-state index contributed by atoms with van der Waals surface area (Å²) in [5.41, 5.74) is 4.30. The second-order valence-corrected chi connectivity index (χ2v) is 10.3. The van der Waals surface area contributed by atoms with E-state index < -0.39 is 9.84 Å². The SMILES string of the molecule is CCS(=O)(=O)c1ccc2ncnc(Nc3ccc(Oc4ccc5c(c4)ncn5C)c(C)c3)c2c1. The second kappa shape index (κ2) is 8.42. The number of aryl methyl sites for hydroxylation is 2. The number of rotatable bonds is 6. The fourth-order valence-corrected chi connectivity index (χ4v) is 4.69. The van der Waals surface area contributed by atoms with Crippen LogP contribution in [0.2, 0.25) is 0 Å². The maximum absolute atomic E-state index is 12.3. The normalized spacial score (nSPS) is 11.7. The van der Waals surface area contributed by atoms with Gasteiger partial charge in [-0.1, -0.05) is 6.92 Å². The fraction of sp³-hybridized carbons (Fsp3) is 0.160. The van der Waals surface area contributed by atoms with Gasteiger partial charge in [-0.25, -0.2) is 23.4 Å². The average Bonchev–Trinajstić information content (AvgIpc) is 3.20. The first-order valence-corrected chi connectivity index (χ1v) is 12.4. The lowest BCUT2D eigenvalue weighted by molar-refractivity contribution is 0.479. The number of imidazole rings is 1. The van der Waals surface area contributed by atoms with Crippen molar-refractivity contribution < 1.29 is 13.2 Å². The Morgan fingerprint density at radius 3 is 2.62 bits per heavy atom. The summed E-state index contributed by atoms with van der Waals surface area (Å²) in [5.74, 6) is 2.00. The third-order valence-corrected chi connectivity index (χ3v) is 7.44. The fourth-order valence-electron chi connectivity index (χ4n) is 3.78. The molecule has 9 heteroatoms. The third kappa shape index (κ3) is 4.06. The molecular weight excluding hydrogens is 450 g/mol. The van der Waals surface area contributed by atoms with Gasteiger partial charge in [-0.05, 0) is 61.0 Å². The maximum atomic E-state index is 12.3. The molecule has 0 radical (unpaired) electrons. The van der Waals surface area contributed by atoms with Crippen LogP contribution in [-0.2, 0) is 16.9 Å². The number of aromatic nitrogens is 4. The van der Waals surface area contributed by atoms with Crippen LogP contribution in [0.15, 0.2) is 72.1 Å². The lowest BCUT2D eigenvalue weighted by Crippen LogP contribution is -2.04. The van der Waals surface area contributed by atoms with E-state index in [0.29, 0.717) is 22.5 Å². The van der Waals surface area contributed by atoms with Gasteiger partial charge < -0.3 is 14.6 Å². The molecule has 0 saturated carbocycles. The van der Waals surface area contributed by atoms with E-state index in [1.165, 1.54) is 6.33 Å². The topological polar surface area (TPSA) is 99.0 Å². The number of hydrogen-bond acceptors (Lipinski definition) is 7. The molecule has 2 aromatic heterocycles. The number of hydrogen-bond donors (Lipinski definition) is 1. The minimum atomic E-state index is -3.34. The van der Waals surface area contributed by atoms with Crippen LogP contribution in [0.25, 0.3) is 21.9 Å². The molecule has 5 aromatic rings.